The van der Waals surface area contributed by atoms with Gasteiger partial charge in [-0.3, -0.25) is 4.99 Å². The molecule has 0 fully saturated rings. The van der Waals surface area contributed by atoms with Crippen LogP contribution >= 0.6 is 0 Å². The molecule has 0 spiro atoms. The van der Waals surface area contributed by atoms with Crippen LogP contribution in [0.4, 0.5) is 0 Å². The van der Waals surface area contributed by atoms with E-state index in [1.165, 1.54) is 24.1 Å². The fourth-order valence-electron chi connectivity index (χ4n) is 1.38. The number of hydrogen-bond acceptors (Lipinski definition) is 1. The number of hydrogen-bond donors (Lipinski definition) is 0. The molecule has 0 radical (unpaired) electrons. The molecule has 1 rings (SSSR count). The molecule has 0 aromatic rings. The van der Waals surface area contributed by atoms with Crippen molar-refractivity contribution in [1.29, 1.82) is 0 Å². The van der Waals surface area contributed by atoms with Crippen LogP contribution in [-0.2, 0) is 0 Å². The van der Waals surface area contributed by atoms with Crippen molar-refractivity contribution < 1.29 is 0 Å². The highest BCUT2D eigenvalue weighted by Gasteiger charge is 2.07. The van der Waals surface area contributed by atoms with Crippen molar-refractivity contribution in [2.45, 2.75) is 33.1 Å². The molecule has 10 heavy (non-hydrogen) atoms. The summed E-state index contributed by atoms with van der Waals surface area (Å²) in [5.74, 6) is 0. The minimum atomic E-state index is 1.04. The Morgan fingerprint density at radius 2 is 2.40 bits per heavy atom. The predicted octanol–water partition coefficient (Wildman–Crippen LogP) is 2.58. The van der Waals surface area contributed by atoms with Gasteiger partial charge in [0.1, 0.15) is 0 Å². The Bertz CT molecular complexity index is 166. The Balaban J connectivity index is 2.72. The number of rotatable bonds is 1. The molecule has 1 aliphatic rings. The second-order valence-electron chi connectivity index (χ2n) is 2.60. The smallest absolute Gasteiger partial charge is 0.0395 e. The van der Waals surface area contributed by atoms with Gasteiger partial charge < -0.3 is 0 Å². The third-order valence-corrected chi connectivity index (χ3v) is 1.96. The van der Waals surface area contributed by atoms with Gasteiger partial charge in [-0.15, -0.1) is 0 Å². The monoisotopic (exact) mass is 137 g/mol. The van der Waals surface area contributed by atoms with Crippen molar-refractivity contribution in [3.05, 3.63) is 11.6 Å². The summed E-state index contributed by atoms with van der Waals surface area (Å²) in [6, 6.07) is 0. The molecule has 1 heterocycles. The highest BCUT2D eigenvalue weighted by Crippen LogP contribution is 2.15. The average Bonchev–Trinajstić information content (AvgIpc) is 2.04. The highest BCUT2D eigenvalue weighted by molar-refractivity contribution is 6.00. The van der Waals surface area contributed by atoms with E-state index in [9.17, 15) is 0 Å². The van der Waals surface area contributed by atoms with E-state index in [1.54, 1.807) is 0 Å². The number of nitrogens with zero attached hydrogens (tertiary/aromatic N) is 1. The summed E-state index contributed by atoms with van der Waals surface area (Å²) in [5, 5.41) is 0. The molecule has 0 amide bonds. The molecule has 0 saturated carbocycles. The van der Waals surface area contributed by atoms with Gasteiger partial charge in [0.25, 0.3) is 0 Å². The van der Waals surface area contributed by atoms with E-state index in [-0.39, 0.29) is 0 Å². The first-order chi connectivity index (χ1) is 4.88. The van der Waals surface area contributed by atoms with Crippen molar-refractivity contribution in [2.75, 3.05) is 6.54 Å². The SMILES string of the molecule is C/C=C1/CCCN=C1CC. The van der Waals surface area contributed by atoms with E-state index >= 15 is 0 Å². The molecule has 1 heteroatoms. The molecule has 0 atom stereocenters. The molecule has 0 N–H and O–H groups in total. The summed E-state index contributed by atoms with van der Waals surface area (Å²) in [6.45, 7) is 5.32. The summed E-state index contributed by atoms with van der Waals surface area (Å²) in [6.07, 6.45) is 5.77. The van der Waals surface area contributed by atoms with Gasteiger partial charge in [0.05, 0.1) is 0 Å². The van der Waals surface area contributed by atoms with E-state index in [0.29, 0.717) is 0 Å². The molecule has 0 aliphatic carbocycles. The third kappa shape index (κ3) is 1.47. The van der Waals surface area contributed by atoms with Crippen molar-refractivity contribution in [1.82, 2.24) is 0 Å². The van der Waals surface area contributed by atoms with Crippen LogP contribution in [-0.4, -0.2) is 12.3 Å². The molecular weight excluding hydrogens is 122 g/mol. The summed E-state index contributed by atoms with van der Waals surface area (Å²) in [7, 11) is 0. The lowest BCUT2D eigenvalue weighted by Gasteiger charge is -2.13. The number of allylic oxidation sites excluding steroid dienone is 2. The average molecular weight is 137 g/mol. The standard InChI is InChI=1S/C9H15N/c1-3-8-6-5-7-10-9(8)4-2/h3H,4-7H2,1-2H3/b8-3-. The van der Waals surface area contributed by atoms with Crippen LogP contribution < -0.4 is 0 Å². The zero-order valence-electron chi connectivity index (χ0n) is 6.85. The second-order valence-corrected chi connectivity index (χ2v) is 2.60. The van der Waals surface area contributed by atoms with Crippen LogP contribution in [0.1, 0.15) is 33.1 Å². The summed E-state index contributed by atoms with van der Waals surface area (Å²) < 4.78 is 0. The predicted molar refractivity (Wildman–Crippen MR) is 45.6 cm³/mol. The second kappa shape index (κ2) is 3.55. The van der Waals surface area contributed by atoms with E-state index in [0.717, 1.165) is 13.0 Å². The maximum absolute atomic E-state index is 4.45. The maximum Gasteiger partial charge on any atom is 0.0395 e. The summed E-state index contributed by atoms with van der Waals surface area (Å²) >= 11 is 0. The Hall–Kier alpha value is -0.590. The van der Waals surface area contributed by atoms with Crippen molar-refractivity contribution >= 4 is 5.71 Å². The first-order valence-electron chi connectivity index (χ1n) is 4.07. The molecule has 0 aromatic heterocycles. The fraction of sp³-hybridized carbons (Fsp3) is 0.667. The van der Waals surface area contributed by atoms with Gasteiger partial charge >= 0.3 is 0 Å². The molecule has 56 valence electrons. The van der Waals surface area contributed by atoms with Crippen molar-refractivity contribution in [2.24, 2.45) is 4.99 Å². The van der Waals surface area contributed by atoms with Crippen LogP contribution in [0.25, 0.3) is 0 Å². The molecule has 1 nitrogen and oxygen atoms in total. The van der Waals surface area contributed by atoms with Crippen LogP contribution in [0.15, 0.2) is 16.6 Å². The Morgan fingerprint density at radius 3 is 2.90 bits per heavy atom. The zero-order valence-corrected chi connectivity index (χ0v) is 6.85. The lowest BCUT2D eigenvalue weighted by molar-refractivity contribution is 0.805. The fourth-order valence-corrected chi connectivity index (χ4v) is 1.38. The van der Waals surface area contributed by atoms with Crippen molar-refractivity contribution in [3.63, 3.8) is 0 Å². The Kier molecular flexibility index (Phi) is 2.67. The van der Waals surface area contributed by atoms with Gasteiger partial charge in [0.15, 0.2) is 0 Å². The van der Waals surface area contributed by atoms with Gasteiger partial charge in [-0.2, -0.15) is 0 Å². The molecule has 1 aliphatic heterocycles. The largest absolute Gasteiger partial charge is 0.289 e. The highest BCUT2D eigenvalue weighted by atomic mass is 14.7. The zero-order chi connectivity index (χ0) is 7.40. The van der Waals surface area contributed by atoms with Crippen LogP contribution in [0, 0.1) is 0 Å². The maximum atomic E-state index is 4.45. The molecule has 0 aromatic carbocycles. The van der Waals surface area contributed by atoms with E-state index in [1.807, 2.05) is 0 Å². The van der Waals surface area contributed by atoms with Crippen LogP contribution in [0.3, 0.4) is 0 Å². The first-order valence-corrected chi connectivity index (χ1v) is 4.07. The Labute approximate surface area is 62.9 Å². The van der Waals surface area contributed by atoms with Gasteiger partial charge in [-0.25, -0.2) is 0 Å². The normalized spacial score (nSPS) is 23.0. The van der Waals surface area contributed by atoms with Crippen molar-refractivity contribution in [3.8, 4) is 0 Å². The number of aliphatic imine (C=N–C) groups is 1. The molecule has 0 saturated heterocycles. The first kappa shape index (κ1) is 7.52. The van der Waals surface area contributed by atoms with Gasteiger partial charge in [0, 0.05) is 12.3 Å². The molecule has 0 bridgehead atoms. The van der Waals surface area contributed by atoms with Gasteiger partial charge in [-0.05, 0) is 31.8 Å². The lowest BCUT2D eigenvalue weighted by Crippen LogP contribution is -2.08. The lowest BCUT2D eigenvalue weighted by atomic mass is 10.0. The topological polar surface area (TPSA) is 12.4 Å². The van der Waals surface area contributed by atoms with E-state index < -0.39 is 0 Å². The van der Waals surface area contributed by atoms with Gasteiger partial charge in [-0.1, -0.05) is 13.0 Å². The Morgan fingerprint density at radius 1 is 1.60 bits per heavy atom. The minimum Gasteiger partial charge on any atom is -0.289 e. The quantitative estimate of drug-likeness (QED) is 0.526. The molecular formula is C9H15N. The van der Waals surface area contributed by atoms with Gasteiger partial charge in [0.2, 0.25) is 0 Å². The van der Waals surface area contributed by atoms with E-state index in [4.69, 9.17) is 0 Å². The summed E-state index contributed by atoms with van der Waals surface area (Å²) in [5.41, 5.74) is 2.79. The molecule has 0 unspecified atom stereocenters. The van der Waals surface area contributed by atoms with Crippen LogP contribution in [0.5, 0.6) is 0 Å². The third-order valence-electron chi connectivity index (χ3n) is 1.96. The summed E-state index contributed by atoms with van der Waals surface area (Å²) in [4.78, 5) is 4.45. The van der Waals surface area contributed by atoms with Crippen LogP contribution in [0.2, 0.25) is 0 Å². The van der Waals surface area contributed by atoms with E-state index in [2.05, 4.69) is 24.9 Å². The minimum absolute atomic E-state index is 1.04.